The molecule has 3 aromatic rings. The van der Waals surface area contributed by atoms with Crippen molar-refractivity contribution in [3.63, 3.8) is 0 Å². The molecule has 5 rings (SSSR count). The molecule has 1 aliphatic heterocycles. The molecule has 0 bridgehead atoms. The SMILES string of the molecule is O=C(c1cccc2[nH]ccc12)N1CCC(O)(c2ccccc2)[C@@H]2CCCC[C@@H]21. The van der Waals surface area contributed by atoms with E-state index in [-0.39, 0.29) is 17.9 Å². The van der Waals surface area contributed by atoms with Gasteiger partial charge in [0.2, 0.25) is 0 Å². The normalized spacial score (nSPS) is 27.5. The van der Waals surface area contributed by atoms with Gasteiger partial charge in [-0.1, -0.05) is 49.2 Å². The highest BCUT2D eigenvalue weighted by Gasteiger charge is 2.50. The van der Waals surface area contributed by atoms with E-state index in [1.165, 1.54) is 0 Å². The molecule has 1 aromatic heterocycles. The Morgan fingerprint density at radius 2 is 1.86 bits per heavy atom. The van der Waals surface area contributed by atoms with Crippen LogP contribution in [0.4, 0.5) is 0 Å². The van der Waals surface area contributed by atoms with Crippen molar-refractivity contribution >= 4 is 16.8 Å². The second-order valence-electron chi connectivity index (χ2n) is 8.24. The van der Waals surface area contributed by atoms with Crippen LogP contribution < -0.4 is 0 Å². The van der Waals surface area contributed by atoms with Gasteiger partial charge in [-0.25, -0.2) is 0 Å². The lowest BCUT2D eigenvalue weighted by Crippen LogP contribution is -2.59. The maximum absolute atomic E-state index is 13.5. The number of nitrogens with zero attached hydrogens (tertiary/aromatic N) is 1. The zero-order chi connectivity index (χ0) is 19.1. The number of nitrogens with one attached hydrogen (secondary N) is 1. The summed E-state index contributed by atoms with van der Waals surface area (Å²) in [7, 11) is 0. The quantitative estimate of drug-likeness (QED) is 0.696. The van der Waals surface area contributed by atoms with Crippen molar-refractivity contribution in [3.05, 3.63) is 71.9 Å². The Kier molecular flexibility index (Phi) is 4.24. The average molecular weight is 374 g/mol. The van der Waals surface area contributed by atoms with E-state index < -0.39 is 5.60 Å². The third kappa shape index (κ3) is 2.67. The molecule has 1 aliphatic carbocycles. The first-order valence-corrected chi connectivity index (χ1v) is 10.3. The van der Waals surface area contributed by atoms with Crippen LogP contribution in [-0.4, -0.2) is 33.5 Å². The van der Waals surface area contributed by atoms with Crippen molar-refractivity contribution < 1.29 is 9.90 Å². The minimum atomic E-state index is -0.844. The largest absolute Gasteiger partial charge is 0.385 e. The number of aromatic amines is 1. The van der Waals surface area contributed by atoms with Gasteiger partial charge in [-0.2, -0.15) is 0 Å². The maximum atomic E-state index is 13.5. The van der Waals surface area contributed by atoms with Crippen LogP contribution in [0.15, 0.2) is 60.8 Å². The molecule has 4 heteroatoms. The van der Waals surface area contributed by atoms with Crippen molar-refractivity contribution in [2.45, 2.75) is 43.7 Å². The highest BCUT2D eigenvalue weighted by molar-refractivity contribution is 6.06. The van der Waals surface area contributed by atoms with Crippen LogP contribution in [0, 0.1) is 5.92 Å². The van der Waals surface area contributed by atoms with Gasteiger partial charge in [0.1, 0.15) is 0 Å². The molecule has 144 valence electrons. The number of likely N-dealkylation sites (tertiary alicyclic amines) is 1. The first-order chi connectivity index (χ1) is 13.7. The van der Waals surface area contributed by atoms with Crippen LogP contribution in [0.5, 0.6) is 0 Å². The lowest BCUT2D eigenvalue weighted by molar-refractivity contribution is -0.110. The van der Waals surface area contributed by atoms with Crippen LogP contribution >= 0.6 is 0 Å². The van der Waals surface area contributed by atoms with E-state index in [4.69, 9.17) is 0 Å². The summed E-state index contributed by atoms with van der Waals surface area (Å²) in [6.45, 7) is 0.589. The minimum Gasteiger partial charge on any atom is -0.385 e. The smallest absolute Gasteiger partial charge is 0.254 e. The van der Waals surface area contributed by atoms with Gasteiger partial charge < -0.3 is 15.0 Å². The number of carbonyl (C=O) groups excluding carboxylic acids is 1. The number of hydrogen-bond donors (Lipinski definition) is 2. The van der Waals surface area contributed by atoms with E-state index in [1.807, 2.05) is 65.7 Å². The van der Waals surface area contributed by atoms with Crippen molar-refractivity contribution in [3.8, 4) is 0 Å². The first-order valence-electron chi connectivity index (χ1n) is 10.3. The Balaban J connectivity index is 1.51. The van der Waals surface area contributed by atoms with Crippen LogP contribution in [0.3, 0.4) is 0 Å². The van der Waals surface area contributed by atoms with Gasteiger partial charge in [0.05, 0.1) is 5.60 Å². The molecule has 2 fully saturated rings. The van der Waals surface area contributed by atoms with Gasteiger partial charge in [0.25, 0.3) is 5.91 Å². The number of hydrogen-bond acceptors (Lipinski definition) is 2. The second kappa shape index (κ2) is 6.78. The molecule has 2 N–H and O–H groups in total. The number of rotatable bonds is 2. The second-order valence-corrected chi connectivity index (χ2v) is 8.24. The molecule has 3 atom stereocenters. The number of benzene rings is 2. The fourth-order valence-corrected chi connectivity index (χ4v) is 5.45. The summed E-state index contributed by atoms with van der Waals surface area (Å²) in [4.78, 5) is 18.8. The Labute approximate surface area is 165 Å². The summed E-state index contributed by atoms with van der Waals surface area (Å²) < 4.78 is 0. The highest BCUT2D eigenvalue weighted by Crippen LogP contribution is 2.47. The summed E-state index contributed by atoms with van der Waals surface area (Å²) >= 11 is 0. The Morgan fingerprint density at radius 3 is 2.71 bits per heavy atom. The van der Waals surface area contributed by atoms with Crippen LogP contribution in [0.1, 0.15) is 48.0 Å². The molecule has 1 amide bonds. The molecule has 0 radical (unpaired) electrons. The zero-order valence-electron chi connectivity index (χ0n) is 16.0. The van der Waals surface area contributed by atoms with Gasteiger partial charge >= 0.3 is 0 Å². The molecular formula is C24H26N2O2. The number of aliphatic hydroxyl groups is 1. The maximum Gasteiger partial charge on any atom is 0.254 e. The van der Waals surface area contributed by atoms with Crippen LogP contribution in [0.25, 0.3) is 10.9 Å². The third-order valence-electron chi connectivity index (χ3n) is 6.84. The van der Waals surface area contributed by atoms with E-state index in [1.54, 1.807) is 0 Å². The molecule has 4 nitrogen and oxygen atoms in total. The molecule has 1 saturated heterocycles. The van der Waals surface area contributed by atoms with Crippen molar-refractivity contribution in [1.82, 2.24) is 9.88 Å². The molecule has 28 heavy (non-hydrogen) atoms. The standard InChI is InChI=1S/C24H26N2O2/c27-23(19-9-6-11-21-18(19)13-15-25-21)26-16-14-24(28,17-7-2-1-3-8-17)20-10-4-5-12-22(20)26/h1-3,6-9,11,13,15,20,22,25,28H,4-5,10,12,14,16H2/t20-,22+,24?/m1/s1. The summed E-state index contributed by atoms with van der Waals surface area (Å²) in [5.74, 6) is 0.184. The monoisotopic (exact) mass is 374 g/mol. The molecular weight excluding hydrogens is 348 g/mol. The number of piperidine rings is 1. The van der Waals surface area contributed by atoms with Gasteiger partial charge in [-0.3, -0.25) is 4.79 Å². The summed E-state index contributed by atoms with van der Waals surface area (Å²) in [5, 5.41) is 12.7. The van der Waals surface area contributed by atoms with Gasteiger partial charge in [-0.05, 0) is 43.0 Å². The lowest BCUT2D eigenvalue weighted by Gasteiger charge is -2.52. The molecule has 2 heterocycles. The molecule has 1 unspecified atom stereocenters. The minimum absolute atomic E-state index is 0.0896. The Hall–Kier alpha value is -2.59. The first kappa shape index (κ1) is 17.5. The molecule has 2 aromatic carbocycles. The van der Waals surface area contributed by atoms with Gasteiger partial charge in [-0.15, -0.1) is 0 Å². The fourth-order valence-electron chi connectivity index (χ4n) is 5.45. The van der Waals surface area contributed by atoms with E-state index in [0.29, 0.717) is 13.0 Å². The molecule has 2 aliphatic rings. The lowest BCUT2D eigenvalue weighted by atomic mass is 9.66. The van der Waals surface area contributed by atoms with E-state index in [9.17, 15) is 9.90 Å². The third-order valence-corrected chi connectivity index (χ3v) is 6.84. The number of carbonyl (C=O) groups is 1. The highest BCUT2D eigenvalue weighted by atomic mass is 16.3. The van der Waals surface area contributed by atoms with Gasteiger partial charge in [0, 0.05) is 41.2 Å². The van der Waals surface area contributed by atoms with Crippen LogP contribution in [-0.2, 0) is 5.60 Å². The molecule has 1 saturated carbocycles. The predicted molar refractivity (Wildman–Crippen MR) is 110 cm³/mol. The fraction of sp³-hybridized carbons (Fsp3) is 0.375. The van der Waals surface area contributed by atoms with Gasteiger partial charge in [0.15, 0.2) is 0 Å². The summed E-state index contributed by atoms with van der Waals surface area (Å²) in [5.41, 5.74) is 1.90. The Bertz CT molecular complexity index is 996. The van der Waals surface area contributed by atoms with Crippen molar-refractivity contribution in [1.29, 1.82) is 0 Å². The zero-order valence-corrected chi connectivity index (χ0v) is 16.0. The predicted octanol–water partition coefficient (Wildman–Crippen LogP) is 4.46. The van der Waals surface area contributed by atoms with E-state index >= 15 is 0 Å². The average Bonchev–Trinajstić information content (AvgIpc) is 3.23. The number of fused-ring (bicyclic) bond motifs is 2. The summed E-state index contributed by atoms with van der Waals surface area (Å²) in [6.07, 6.45) is 6.64. The number of H-pyrrole nitrogens is 1. The van der Waals surface area contributed by atoms with Crippen molar-refractivity contribution in [2.75, 3.05) is 6.54 Å². The van der Waals surface area contributed by atoms with Crippen molar-refractivity contribution in [2.24, 2.45) is 5.92 Å². The van der Waals surface area contributed by atoms with E-state index in [2.05, 4.69) is 4.98 Å². The number of aromatic nitrogens is 1. The number of amides is 1. The van der Waals surface area contributed by atoms with E-state index in [0.717, 1.165) is 47.7 Å². The summed E-state index contributed by atoms with van der Waals surface area (Å²) in [6, 6.07) is 18.0. The topological polar surface area (TPSA) is 56.3 Å². The molecule has 0 spiro atoms. The Morgan fingerprint density at radius 1 is 1.04 bits per heavy atom. The van der Waals surface area contributed by atoms with Crippen LogP contribution in [0.2, 0.25) is 0 Å².